The van der Waals surface area contributed by atoms with Crippen molar-refractivity contribution in [3.05, 3.63) is 0 Å². The zero-order chi connectivity index (χ0) is 17.8. The number of carbonyl (C=O) groups is 1. The Morgan fingerprint density at radius 3 is 2.52 bits per heavy atom. The Morgan fingerprint density at radius 1 is 1.04 bits per heavy atom. The zero-order valence-electron chi connectivity index (χ0n) is 15.6. The molecule has 0 aliphatic heterocycles. The molecular formula is C22H31ClO2. The number of carbonyl (C=O) groups excluding carboxylic acids is 1. The Bertz CT molecular complexity index is 619. The fourth-order valence-electron chi connectivity index (χ4n) is 7.75. The molecule has 3 heteroatoms. The van der Waals surface area contributed by atoms with Crippen LogP contribution in [0.2, 0.25) is 0 Å². The number of rotatable bonds is 1. The first-order valence-corrected chi connectivity index (χ1v) is 10.6. The van der Waals surface area contributed by atoms with Crippen molar-refractivity contribution in [2.45, 2.75) is 77.2 Å². The summed E-state index contributed by atoms with van der Waals surface area (Å²) < 4.78 is 0. The summed E-state index contributed by atoms with van der Waals surface area (Å²) in [5, 5.41) is 13.1. The molecule has 0 amide bonds. The summed E-state index contributed by atoms with van der Waals surface area (Å²) in [5.74, 6) is 7.27. The van der Waals surface area contributed by atoms with Gasteiger partial charge in [-0.3, -0.25) is 4.79 Å². The largest absolute Gasteiger partial charge is 0.378 e. The van der Waals surface area contributed by atoms with Gasteiger partial charge in [0.2, 0.25) is 0 Å². The van der Waals surface area contributed by atoms with Crippen LogP contribution in [-0.4, -0.2) is 16.5 Å². The molecule has 4 aliphatic rings. The highest BCUT2D eigenvalue weighted by Gasteiger charge is 2.58. The quantitative estimate of drug-likeness (QED) is 0.682. The molecule has 25 heavy (non-hydrogen) atoms. The minimum atomic E-state index is -0.855. The van der Waals surface area contributed by atoms with Crippen molar-refractivity contribution in [2.24, 2.45) is 40.9 Å². The molecular weight excluding hydrogens is 332 g/mol. The van der Waals surface area contributed by atoms with Gasteiger partial charge in [0.15, 0.2) is 0 Å². The molecule has 4 saturated carbocycles. The first kappa shape index (κ1) is 17.9. The summed E-state index contributed by atoms with van der Waals surface area (Å²) in [6, 6.07) is 0. The number of halogens is 1. The minimum absolute atomic E-state index is 0.249. The van der Waals surface area contributed by atoms with E-state index in [1.807, 2.05) is 0 Å². The van der Waals surface area contributed by atoms with Crippen LogP contribution in [-0.2, 0) is 4.79 Å². The number of hydrogen-bond donors (Lipinski definition) is 1. The molecule has 0 unspecified atom stereocenters. The first-order valence-electron chi connectivity index (χ1n) is 10.2. The molecule has 4 fully saturated rings. The Morgan fingerprint density at radius 2 is 1.80 bits per heavy atom. The molecule has 0 saturated heterocycles. The lowest BCUT2D eigenvalue weighted by atomic mass is 9.49. The summed E-state index contributed by atoms with van der Waals surface area (Å²) in [7, 11) is 0. The summed E-state index contributed by atoms with van der Waals surface area (Å²) in [6.45, 7) is 4.22. The summed E-state index contributed by atoms with van der Waals surface area (Å²) in [5.41, 5.74) is -0.606. The first-order chi connectivity index (χ1) is 11.9. The molecule has 0 aromatic heterocycles. The van der Waals surface area contributed by atoms with Crippen molar-refractivity contribution in [1.82, 2.24) is 0 Å². The Balaban J connectivity index is 1.53. The normalized spacial score (nSPS) is 51.5. The third-order valence-electron chi connectivity index (χ3n) is 8.78. The maximum absolute atomic E-state index is 12.2. The second-order valence-electron chi connectivity index (χ2n) is 9.71. The molecule has 0 bridgehead atoms. The van der Waals surface area contributed by atoms with E-state index in [4.69, 9.17) is 11.6 Å². The molecule has 0 heterocycles. The van der Waals surface area contributed by atoms with Gasteiger partial charge in [-0.25, -0.2) is 0 Å². The van der Waals surface area contributed by atoms with Crippen molar-refractivity contribution >= 4 is 17.4 Å². The van der Waals surface area contributed by atoms with Crippen LogP contribution in [0.15, 0.2) is 0 Å². The van der Waals surface area contributed by atoms with Gasteiger partial charge >= 0.3 is 0 Å². The molecule has 0 aromatic carbocycles. The van der Waals surface area contributed by atoms with E-state index in [0.29, 0.717) is 17.6 Å². The third-order valence-corrected chi connectivity index (χ3v) is 8.88. The lowest BCUT2D eigenvalue weighted by molar-refractivity contribution is -0.129. The summed E-state index contributed by atoms with van der Waals surface area (Å²) >= 11 is 5.58. The standard InChI is InChI=1S/C22H31ClO2/c1-14(24)19-5-6-20-18-4-3-15-13-22(25,11-12-23)10-8-16(15)17(18)7-9-21(19,20)2/h15-20,25H,3-10,13H2,1-2H3/t15-,16-,17+,18+,19+,20-,21+,22+/m0/s1. The lowest BCUT2D eigenvalue weighted by Crippen LogP contribution is -2.51. The van der Waals surface area contributed by atoms with Crippen molar-refractivity contribution in [3.8, 4) is 11.3 Å². The van der Waals surface area contributed by atoms with Gasteiger partial charge in [-0.1, -0.05) is 12.8 Å². The molecule has 4 rings (SSSR count). The van der Waals surface area contributed by atoms with Gasteiger partial charge in [-0.15, -0.1) is 0 Å². The van der Waals surface area contributed by atoms with Gasteiger partial charge < -0.3 is 5.11 Å². The van der Waals surface area contributed by atoms with Crippen LogP contribution in [0.5, 0.6) is 0 Å². The van der Waals surface area contributed by atoms with E-state index in [-0.39, 0.29) is 5.41 Å². The molecule has 1 N–H and O–H groups in total. The van der Waals surface area contributed by atoms with Crippen LogP contribution in [0.4, 0.5) is 0 Å². The van der Waals surface area contributed by atoms with E-state index in [2.05, 4.69) is 18.2 Å². The van der Waals surface area contributed by atoms with Crippen molar-refractivity contribution in [2.75, 3.05) is 0 Å². The predicted molar refractivity (Wildman–Crippen MR) is 99.9 cm³/mol. The van der Waals surface area contributed by atoms with Crippen LogP contribution in [0.1, 0.15) is 71.6 Å². The molecule has 138 valence electrons. The highest BCUT2D eigenvalue weighted by atomic mass is 35.5. The van der Waals surface area contributed by atoms with E-state index in [1.165, 1.54) is 32.1 Å². The summed E-state index contributed by atoms with van der Waals surface area (Å²) in [6.07, 6.45) is 10.0. The van der Waals surface area contributed by atoms with Gasteiger partial charge in [0, 0.05) is 11.3 Å². The van der Waals surface area contributed by atoms with E-state index >= 15 is 0 Å². The van der Waals surface area contributed by atoms with Gasteiger partial charge in [0.25, 0.3) is 0 Å². The number of hydrogen-bond acceptors (Lipinski definition) is 2. The number of aliphatic hydroxyl groups is 1. The Hall–Kier alpha value is -0.520. The minimum Gasteiger partial charge on any atom is -0.378 e. The maximum atomic E-state index is 12.2. The van der Waals surface area contributed by atoms with Crippen molar-refractivity contribution in [1.29, 1.82) is 0 Å². The SMILES string of the molecule is CC(=O)[C@H]1CC[C@H]2[C@@H]3CC[C@H]4C[C@](O)(C#CCl)CC[C@@H]4[C@H]3CC[C@]12C. The molecule has 8 atom stereocenters. The number of ketones is 1. The van der Waals surface area contributed by atoms with Gasteiger partial charge in [-0.05, 0) is 111 Å². The van der Waals surface area contributed by atoms with Crippen molar-refractivity contribution in [3.63, 3.8) is 0 Å². The molecule has 2 nitrogen and oxygen atoms in total. The number of Topliss-reactive ketones (excluding diaryl/α,β-unsaturated/α-hetero) is 1. The van der Waals surface area contributed by atoms with Gasteiger partial charge in [-0.2, -0.15) is 0 Å². The van der Waals surface area contributed by atoms with E-state index < -0.39 is 5.60 Å². The molecule has 0 aromatic rings. The average Bonchev–Trinajstić information content (AvgIpc) is 2.91. The van der Waals surface area contributed by atoms with E-state index in [9.17, 15) is 9.90 Å². The van der Waals surface area contributed by atoms with E-state index in [1.54, 1.807) is 6.92 Å². The second kappa shape index (κ2) is 6.28. The van der Waals surface area contributed by atoms with E-state index in [0.717, 1.165) is 49.4 Å². The van der Waals surface area contributed by atoms with Gasteiger partial charge in [0.1, 0.15) is 11.4 Å². The highest BCUT2D eigenvalue weighted by Crippen LogP contribution is 2.64. The van der Waals surface area contributed by atoms with Crippen LogP contribution >= 0.6 is 11.6 Å². The monoisotopic (exact) mass is 362 g/mol. The van der Waals surface area contributed by atoms with Crippen LogP contribution < -0.4 is 0 Å². The molecule has 0 spiro atoms. The highest BCUT2D eigenvalue weighted by molar-refractivity contribution is 6.30. The smallest absolute Gasteiger partial charge is 0.133 e. The lowest BCUT2D eigenvalue weighted by Gasteiger charge is -2.56. The third kappa shape index (κ3) is 2.78. The Labute approximate surface area is 157 Å². The van der Waals surface area contributed by atoms with Crippen LogP contribution in [0.3, 0.4) is 0 Å². The Kier molecular flexibility index (Phi) is 4.49. The maximum Gasteiger partial charge on any atom is 0.133 e. The van der Waals surface area contributed by atoms with Gasteiger partial charge in [0.05, 0.1) is 0 Å². The fraction of sp³-hybridized carbons (Fsp3) is 0.864. The molecule has 0 radical (unpaired) electrons. The van der Waals surface area contributed by atoms with Crippen LogP contribution in [0.25, 0.3) is 0 Å². The summed E-state index contributed by atoms with van der Waals surface area (Å²) in [4.78, 5) is 12.2. The molecule has 4 aliphatic carbocycles. The fourth-order valence-corrected chi connectivity index (χ4v) is 7.92. The zero-order valence-corrected chi connectivity index (χ0v) is 16.3. The number of fused-ring (bicyclic) bond motifs is 5. The van der Waals surface area contributed by atoms with Crippen LogP contribution in [0, 0.1) is 52.2 Å². The average molecular weight is 363 g/mol. The second-order valence-corrected chi connectivity index (χ2v) is 9.90. The predicted octanol–water partition coefficient (Wildman–Crippen LogP) is 4.78. The van der Waals surface area contributed by atoms with Crippen molar-refractivity contribution < 1.29 is 9.90 Å². The topological polar surface area (TPSA) is 37.3 Å².